The van der Waals surface area contributed by atoms with Gasteiger partial charge in [-0.05, 0) is 45.4 Å². The van der Waals surface area contributed by atoms with Crippen LogP contribution in [0.4, 0.5) is 0 Å². The van der Waals surface area contributed by atoms with Crippen LogP contribution in [0.25, 0.3) is 11.0 Å². The van der Waals surface area contributed by atoms with E-state index in [1.165, 1.54) is 0 Å². The lowest BCUT2D eigenvalue weighted by Crippen LogP contribution is -2.33. The normalized spacial score (nSPS) is 11.8. The quantitative estimate of drug-likeness (QED) is 0.850. The number of nitrogens with zero attached hydrogens (tertiary/aromatic N) is 2. The van der Waals surface area contributed by atoms with Crippen LogP contribution in [-0.4, -0.2) is 27.7 Å². The van der Waals surface area contributed by atoms with Gasteiger partial charge < -0.3 is 15.0 Å². The molecule has 0 atom stereocenters. The number of benzene rings is 1. The Hall–Kier alpha value is -1.88. The number of nitrogens with two attached hydrogens (primary N) is 1. The first-order valence-electron chi connectivity index (χ1n) is 6.81. The van der Waals surface area contributed by atoms with Gasteiger partial charge in [-0.1, -0.05) is 0 Å². The molecule has 0 amide bonds. The Kier molecular flexibility index (Phi) is 4.09. The Labute approximate surface area is 118 Å². The maximum atomic E-state index is 11.8. The van der Waals surface area contributed by atoms with E-state index >= 15 is 0 Å². The fourth-order valence-electron chi connectivity index (χ4n) is 1.98. The van der Waals surface area contributed by atoms with Crippen LogP contribution in [0.5, 0.6) is 0 Å². The van der Waals surface area contributed by atoms with Gasteiger partial charge in [-0.3, -0.25) is 0 Å². The summed E-state index contributed by atoms with van der Waals surface area (Å²) in [5, 5.41) is 0. The predicted molar refractivity (Wildman–Crippen MR) is 78.6 cm³/mol. The third kappa shape index (κ3) is 3.36. The molecular weight excluding hydrogens is 254 g/mol. The number of esters is 1. The number of imidazole rings is 1. The summed E-state index contributed by atoms with van der Waals surface area (Å²) in [7, 11) is 0. The topological polar surface area (TPSA) is 70.1 Å². The minimum atomic E-state index is -0.304. The zero-order valence-corrected chi connectivity index (χ0v) is 12.2. The zero-order valence-electron chi connectivity index (χ0n) is 12.2. The van der Waals surface area contributed by atoms with Crippen molar-refractivity contribution in [2.75, 3.05) is 6.61 Å². The van der Waals surface area contributed by atoms with E-state index < -0.39 is 0 Å². The lowest BCUT2D eigenvalue weighted by atomic mass is 10.0. The van der Waals surface area contributed by atoms with Gasteiger partial charge in [0.2, 0.25) is 0 Å². The van der Waals surface area contributed by atoms with Crippen molar-refractivity contribution in [2.45, 2.75) is 39.3 Å². The molecule has 5 heteroatoms. The Morgan fingerprint density at radius 1 is 1.45 bits per heavy atom. The number of aromatic nitrogens is 2. The van der Waals surface area contributed by atoms with Crippen LogP contribution in [0.3, 0.4) is 0 Å². The fraction of sp³-hybridized carbons (Fsp3) is 0.467. The second-order valence-corrected chi connectivity index (χ2v) is 5.60. The standard InChI is InChI=1S/C15H21N3O2/c1-4-20-14(19)11-5-6-12-13(9-11)18(10-17-12)8-7-15(2,3)16/h5-6,9-10H,4,7-8,16H2,1-3H3. The fourth-order valence-corrected chi connectivity index (χ4v) is 1.98. The van der Waals surface area contributed by atoms with Crippen molar-refractivity contribution in [1.29, 1.82) is 0 Å². The third-order valence-corrected chi connectivity index (χ3v) is 3.13. The average Bonchev–Trinajstić information content (AvgIpc) is 2.78. The highest BCUT2D eigenvalue weighted by Crippen LogP contribution is 2.17. The van der Waals surface area contributed by atoms with Crippen molar-refractivity contribution >= 4 is 17.0 Å². The Morgan fingerprint density at radius 2 is 2.20 bits per heavy atom. The molecule has 0 aliphatic heterocycles. The zero-order chi connectivity index (χ0) is 14.8. The van der Waals surface area contributed by atoms with E-state index in [-0.39, 0.29) is 11.5 Å². The summed E-state index contributed by atoms with van der Waals surface area (Å²) in [5.41, 5.74) is 8.13. The van der Waals surface area contributed by atoms with Crippen LogP contribution in [0.2, 0.25) is 0 Å². The summed E-state index contributed by atoms with van der Waals surface area (Å²) >= 11 is 0. The van der Waals surface area contributed by atoms with Gasteiger partial charge in [0.1, 0.15) is 0 Å². The van der Waals surface area contributed by atoms with E-state index in [0.717, 1.165) is 24.0 Å². The third-order valence-electron chi connectivity index (χ3n) is 3.13. The largest absolute Gasteiger partial charge is 0.462 e. The van der Waals surface area contributed by atoms with Crippen molar-refractivity contribution in [3.05, 3.63) is 30.1 Å². The van der Waals surface area contributed by atoms with E-state index in [2.05, 4.69) is 4.98 Å². The van der Waals surface area contributed by atoms with E-state index in [4.69, 9.17) is 10.5 Å². The number of carbonyl (C=O) groups is 1. The summed E-state index contributed by atoms with van der Waals surface area (Å²) in [6.45, 7) is 6.93. The Bertz CT molecular complexity index is 611. The molecule has 0 aliphatic carbocycles. The SMILES string of the molecule is CCOC(=O)c1ccc2ncn(CCC(C)(C)N)c2c1. The van der Waals surface area contributed by atoms with Gasteiger partial charge in [-0.15, -0.1) is 0 Å². The summed E-state index contributed by atoms with van der Waals surface area (Å²) < 4.78 is 7.04. The van der Waals surface area contributed by atoms with Crippen molar-refractivity contribution in [3.8, 4) is 0 Å². The van der Waals surface area contributed by atoms with Gasteiger partial charge in [0.25, 0.3) is 0 Å². The van der Waals surface area contributed by atoms with Crippen LogP contribution >= 0.6 is 0 Å². The van der Waals surface area contributed by atoms with Crippen molar-refractivity contribution in [2.24, 2.45) is 5.73 Å². The van der Waals surface area contributed by atoms with Crippen LogP contribution in [0.1, 0.15) is 37.6 Å². The summed E-state index contributed by atoms with van der Waals surface area (Å²) in [6.07, 6.45) is 2.62. The molecule has 2 N–H and O–H groups in total. The molecule has 0 unspecified atom stereocenters. The molecule has 0 aliphatic rings. The number of rotatable bonds is 5. The monoisotopic (exact) mass is 275 g/mol. The molecule has 1 heterocycles. The molecule has 2 rings (SSSR count). The first-order chi connectivity index (χ1) is 9.40. The molecule has 108 valence electrons. The lowest BCUT2D eigenvalue weighted by molar-refractivity contribution is 0.0526. The second-order valence-electron chi connectivity index (χ2n) is 5.60. The maximum absolute atomic E-state index is 11.8. The van der Waals surface area contributed by atoms with E-state index in [0.29, 0.717) is 12.2 Å². The first-order valence-corrected chi connectivity index (χ1v) is 6.81. The molecule has 0 saturated heterocycles. The van der Waals surface area contributed by atoms with Crippen molar-refractivity contribution < 1.29 is 9.53 Å². The van der Waals surface area contributed by atoms with Crippen LogP contribution < -0.4 is 5.73 Å². The average molecular weight is 275 g/mol. The first kappa shape index (κ1) is 14.5. The van der Waals surface area contributed by atoms with Crippen molar-refractivity contribution in [3.63, 3.8) is 0 Å². The van der Waals surface area contributed by atoms with Gasteiger partial charge in [0.15, 0.2) is 0 Å². The van der Waals surface area contributed by atoms with E-state index in [1.54, 1.807) is 19.3 Å². The molecule has 1 aromatic carbocycles. The van der Waals surface area contributed by atoms with Crippen molar-refractivity contribution in [1.82, 2.24) is 9.55 Å². The second kappa shape index (κ2) is 5.63. The molecule has 0 spiro atoms. The Morgan fingerprint density at radius 3 is 2.85 bits per heavy atom. The molecule has 0 radical (unpaired) electrons. The predicted octanol–water partition coefficient (Wildman–Crippen LogP) is 2.34. The highest BCUT2D eigenvalue weighted by molar-refractivity contribution is 5.93. The number of hydrogen-bond donors (Lipinski definition) is 1. The van der Waals surface area contributed by atoms with Gasteiger partial charge in [0.05, 0.1) is 29.5 Å². The number of aryl methyl sites for hydroxylation is 1. The molecule has 20 heavy (non-hydrogen) atoms. The molecular formula is C15H21N3O2. The molecule has 1 aromatic heterocycles. The van der Waals surface area contributed by atoms with Crippen LogP contribution in [0, 0.1) is 0 Å². The number of ether oxygens (including phenoxy) is 1. The highest BCUT2D eigenvalue weighted by atomic mass is 16.5. The van der Waals surface area contributed by atoms with Gasteiger partial charge >= 0.3 is 5.97 Å². The minimum Gasteiger partial charge on any atom is -0.462 e. The highest BCUT2D eigenvalue weighted by Gasteiger charge is 2.13. The minimum absolute atomic E-state index is 0.227. The van der Waals surface area contributed by atoms with E-state index in [9.17, 15) is 4.79 Å². The molecule has 5 nitrogen and oxygen atoms in total. The van der Waals surface area contributed by atoms with E-state index in [1.807, 2.05) is 30.5 Å². The summed E-state index contributed by atoms with van der Waals surface area (Å²) in [5.74, 6) is -0.304. The Balaban J connectivity index is 2.28. The molecule has 0 saturated carbocycles. The number of hydrogen-bond acceptors (Lipinski definition) is 4. The van der Waals surface area contributed by atoms with Gasteiger partial charge in [0, 0.05) is 12.1 Å². The molecule has 2 aromatic rings. The smallest absolute Gasteiger partial charge is 0.338 e. The van der Waals surface area contributed by atoms with Crippen LogP contribution in [-0.2, 0) is 11.3 Å². The van der Waals surface area contributed by atoms with Gasteiger partial charge in [-0.25, -0.2) is 9.78 Å². The number of carbonyl (C=O) groups excluding carboxylic acids is 1. The lowest BCUT2D eigenvalue weighted by Gasteiger charge is -2.18. The molecule has 0 bridgehead atoms. The van der Waals surface area contributed by atoms with Crippen LogP contribution in [0.15, 0.2) is 24.5 Å². The molecule has 0 fully saturated rings. The summed E-state index contributed by atoms with van der Waals surface area (Å²) in [4.78, 5) is 16.1. The summed E-state index contributed by atoms with van der Waals surface area (Å²) in [6, 6.07) is 5.40. The maximum Gasteiger partial charge on any atom is 0.338 e. The van der Waals surface area contributed by atoms with Gasteiger partial charge in [-0.2, -0.15) is 0 Å². The number of fused-ring (bicyclic) bond motifs is 1.